The maximum atomic E-state index is 12.2. The number of fused-ring (bicyclic) bond motifs is 2. The first-order valence-corrected chi connectivity index (χ1v) is 7.95. The summed E-state index contributed by atoms with van der Waals surface area (Å²) >= 11 is 0. The molecule has 0 amide bonds. The second-order valence-electron chi connectivity index (χ2n) is 5.58. The van der Waals surface area contributed by atoms with Gasteiger partial charge in [-0.15, -0.1) is 0 Å². The summed E-state index contributed by atoms with van der Waals surface area (Å²) in [7, 11) is -3.58. The molecule has 2 bridgehead atoms. The second-order valence-corrected chi connectivity index (χ2v) is 7.15. The van der Waals surface area contributed by atoms with Gasteiger partial charge < -0.3 is 0 Å². The number of rotatable bonds is 3. The summed E-state index contributed by atoms with van der Waals surface area (Å²) < 4.78 is 29.7. The summed E-state index contributed by atoms with van der Waals surface area (Å²) in [4.78, 5) is 0.274. The highest BCUT2D eigenvalue weighted by atomic mass is 32.2. The second kappa shape index (κ2) is 4.35. The Bertz CT molecular complexity index is 533. The van der Waals surface area contributed by atoms with Crippen LogP contribution < -0.4 is 0 Å². The van der Waals surface area contributed by atoms with Crippen LogP contribution >= 0.6 is 0 Å². The highest BCUT2D eigenvalue weighted by Crippen LogP contribution is 2.46. The van der Waals surface area contributed by atoms with Gasteiger partial charge in [-0.2, -0.15) is 8.42 Å². The fourth-order valence-electron chi connectivity index (χ4n) is 3.23. The lowest BCUT2D eigenvalue weighted by molar-refractivity contribution is 0.145. The van der Waals surface area contributed by atoms with Gasteiger partial charge in [0.05, 0.1) is 11.0 Å². The van der Waals surface area contributed by atoms with Gasteiger partial charge in [-0.1, -0.05) is 17.7 Å². The number of hydrogen-bond acceptors (Lipinski definition) is 3. The lowest BCUT2D eigenvalue weighted by atomic mass is 9.98. The molecule has 3 rings (SSSR count). The van der Waals surface area contributed by atoms with Crippen LogP contribution in [0.2, 0.25) is 0 Å². The van der Waals surface area contributed by atoms with Crippen LogP contribution in [0.25, 0.3) is 0 Å². The summed E-state index contributed by atoms with van der Waals surface area (Å²) in [6, 6.07) is 6.85. The molecule has 3 nitrogen and oxygen atoms in total. The van der Waals surface area contributed by atoms with Crippen LogP contribution in [0.4, 0.5) is 0 Å². The quantitative estimate of drug-likeness (QED) is 0.790. The van der Waals surface area contributed by atoms with Crippen molar-refractivity contribution in [3.05, 3.63) is 29.8 Å². The first-order valence-electron chi connectivity index (χ1n) is 6.54. The maximum absolute atomic E-state index is 12.2. The Morgan fingerprint density at radius 2 is 1.83 bits per heavy atom. The summed E-state index contributed by atoms with van der Waals surface area (Å²) in [5.41, 5.74) is 1.05. The van der Waals surface area contributed by atoms with Gasteiger partial charge in [0.25, 0.3) is 10.1 Å². The molecule has 0 spiro atoms. The highest BCUT2D eigenvalue weighted by Gasteiger charge is 2.42. The Balaban J connectivity index is 1.77. The van der Waals surface area contributed by atoms with E-state index in [4.69, 9.17) is 4.18 Å². The van der Waals surface area contributed by atoms with E-state index >= 15 is 0 Å². The molecule has 2 aliphatic carbocycles. The van der Waals surface area contributed by atoms with E-state index in [0.29, 0.717) is 11.8 Å². The monoisotopic (exact) mass is 266 g/mol. The minimum atomic E-state index is -3.58. The first-order chi connectivity index (χ1) is 8.54. The van der Waals surface area contributed by atoms with Crippen LogP contribution in [0.5, 0.6) is 0 Å². The van der Waals surface area contributed by atoms with E-state index in [9.17, 15) is 8.42 Å². The third-order valence-corrected chi connectivity index (χ3v) is 5.58. The molecule has 0 radical (unpaired) electrons. The fourth-order valence-corrected chi connectivity index (χ4v) is 4.37. The molecule has 0 aliphatic heterocycles. The van der Waals surface area contributed by atoms with Gasteiger partial charge in [0.2, 0.25) is 0 Å². The van der Waals surface area contributed by atoms with Crippen LogP contribution in [0.15, 0.2) is 29.2 Å². The molecule has 0 aromatic heterocycles. The molecule has 98 valence electrons. The summed E-state index contributed by atoms with van der Waals surface area (Å²) in [5.74, 6) is 1.14. The van der Waals surface area contributed by atoms with Crippen molar-refractivity contribution in [3.8, 4) is 0 Å². The van der Waals surface area contributed by atoms with Gasteiger partial charge in [0.15, 0.2) is 0 Å². The third-order valence-electron chi connectivity index (χ3n) is 4.23. The SMILES string of the molecule is Cc1ccc(S(=O)(=O)OC2C[C@@H]3CCC2C3)cc1. The van der Waals surface area contributed by atoms with Crippen LogP contribution in [0.3, 0.4) is 0 Å². The Hall–Kier alpha value is -0.870. The normalized spacial score (nSPS) is 30.8. The Morgan fingerprint density at radius 3 is 2.39 bits per heavy atom. The van der Waals surface area contributed by atoms with Gasteiger partial charge in [-0.3, -0.25) is 4.18 Å². The van der Waals surface area contributed by atoms with Crippen LogP contribution in [-0.2, 0) is 14.3 Å². The van der Waals surface area contributed by atoms with E-state index in [0.717, 1.165) is 24.8 Å². The topological polar surface area (TPSA) is 43.4 Å². The minimum absolute atomic E-state index is 0.0879. The van der Waals surface area contributed by atoms with Crippen LogP contribution in [0, 0.1) is 18.8 Å². The molecule has 2 unspecified atom stereocenters. The lowest BCUT2D eigenvalue weighted by Gasteiger charge is -2.21. The van der Waals surface area contributed by atoms with Crippen molar-refractivity contribution in [2.24, 2.45) is 11.8 Å². The zero-order chi connectivity index (χ0) is 12.8. The zero-order valence-electron chi connectivity index (χ0n) is 10.5. The number of hydrogen-bond donors (Lipinski definition) is 0. The van der Waals surface area contributed by atoms with Crippen LogP contribution in [0.1, 0.15) is 31.2 Å². The Labute approximate surface area is 108 Å². The molecular weight excluding hydrogens is 248 g/mol. The van der Waals surface area contributed by atoms with Crippen molar-refractivity contribution in [2.45, 2.75) is 43.6 Å². The van der Waals surface area contributed by atoms with Crippen molar-refractivity contribution in [2.75, 3.05) is 0 Å². The van der Waals surface area contributed by atoms with Gasteiger partial charge in [0, 0.05) is 0 Å². The van der Waals surface area contributed by atoms with E-state index in [1.165, 1.54) is 6.42 Å². The van der Waals surface area contributed by atoms with E-state index in [1.54, 1.807) is 24.3 Å². The van der Waals surface area contributed by atoms with E-state index in [-0.39, 0.29) is 11.0 Å². The molecule has 2 fully saturated rings. The molecule has 0 N–H and O–H groups in total. The Morgan fingerprint density at radius 1 is 1.11 bits per heavy atom. The maximum Gasteiger partial charge on any atom is 0.297 e. The molecule has 0 saturated heterocycles. The van der Waals surface area contributed by atoms with Gasteiger partial charge in [-0.05, 0) is 56.6 Å². The fraction of sp³-hybridized carbons (Fsp3) is 0.571. The summed E-state index contributed by atoms with van der Waals surface area (Å²) in [5, 5.41) is 0. The highest BCUT2D eigenvalue weighted by molar-refractivity contribution is 7.86. The van der Waals surface area contributed by atoms with E-state index in [2.05, 4.69) is 0 Å². The minimum Gasteiger partial charge on any atom is -0.263 e. The zero-order valence-corrected chi connectivity index (χ0v) is 11.3. The average Bonchev–Trinajstić information content (AvgIpc) is 2.91. The molecule has 4 heteroatoms. The predicted molar refractivity (Wildman–Crippen MR) is 68.7 cm³/mol. The molecule has 1 aromatic carbocycles. The van der Waals surface area contributed by atoms with Crippen molar-refractivity contribution >= 4 is 10.1 Å². The molecule has 1 aromatic rings. The van der Waals surface area contributed by atoms with Crippen molar-refractivity contribution in [1.82, 2.24) is 0 Å². The van der Waals surface area contributed by atoms with E-state index < -0.39 is 10.1 Å². The van der Waals surface area contributed by atoms with Gasteiger partial charge >= 0.3 is 0 Å². The lowest BCUT2D eigenvalue weighted by Crippen LogP contribution is -2.24. The molecule has 3 atom stereocenters. The van der Waals surface area contributed by atoms with E-state index in [1.807, 2.05) is 6.92 Å². The summed E-state index contributed by atoms with van der Waals surface area (Å²) in [6.45, 7) is 1.94. The standard InChI is InChI=1S/C14H18O3S/c1-10-2-6-13(7-3-10)18(15,16)17-14-9-11-4-5-12(14)8-11/h2-3,6-7,11-12,14H,4-5,8-9H2,1H3/t11-,12?,14?/m1/s1. The third kappa shape index (κ3) is 2.19. The van der Waals surface area contributed by atoms with Gasteiger partial charge in [-0.25, -0.2) is 0 Å². The average molecular weight is 266 g/mol. The molecule has 18 heavy (non-hydrogen) atoms. The Kier molecular flexibility index (Phi) is 2.94. The number of benzene rings is 1. The largest absolute Gasteiger partial charge is 0.297 e. The molecule has 2 aliphatic rings. The molecule has 2 saturated carbocycles. The van der Waals surface area contributed by atoms with Gasteiger partial charge in [0.1, 0.15) is 0 Å². The first kappa shape index (κ1) is 12.2. The number of aryl methyl sites for hydroxylation is 1. The van der Waals surface area contributed by atoms with Crippen molar-refractivity contribution in [3.63, 3.8) is 0 Å². The molecule has 0 heterocycles. The van der Waals surface area contributed by atoms with Crippen molar-refractivity contribution in [1.29, 1.82) is 0 Å². The van der Waals surface area contributed by atoms with Crippen molar-refractivity contribution < 1.29 is 12.6 Å². The predicted octanol–water partition coefficient (Wildman–Crippen LogP) is 2.89. The molecular formula is C14H18O3S. The summed E-state index contributed by atoms with van der Waals surface area (Å²) in [6.07, 6.45) is 4.34. The smallest absolute Gasteiger partial charge is 0.263 e. The van der Waals surface area contributed by atoms with Crippen LogP contribution in [-0.4, -0.2) is 14.5 Å².